The topological polar surface area (TPSA) is 90.1 Å². The molecule has 0 spiro atoms. The van der Waals surface area contributed by atoms with Crippen molar-refractivity contribution in [3.63, 3.8) is 0 Å². The maximum atomic E-state index is 12.3. The van der Waals surface area contributed by atoms with Crippen molar-refractivity contribution in [2.24, 2.45) is 7.05 Å². The van der Waals surface area contributed by atoms with Crippen molar-refractivity contribution in [2.75, 3.05) is 5.32 Å². The van der Waals surface area contributed by atoms with E-state index in [2.05, 4.69) is 10.4 Å². The maximum Gasteiger partial charge on any atom is 0.293 e. The molecule has 1 N–H and O–H groups in total. The van der Waals surface area contributed by atoms with Gasteiger partial charge in [-0.15, -0.1) is 0 Å². The summed E-state index contributed by atoms with van der Waals surface area (Å²) >= 11 is 0. The fourth-order valence-corrected chi connectivity index (χ4v) is 3.29. The second-order valence-electron chi connectivity index (χ2n) is 6.65. The lowest BCUT2D eigenvalue weighted by atomic mass is 10.0. The molecular formula is C22H18N4O3. The molecule has 4 aromatic rings. The maximum absolute atomic E-state index is 12.3. The minimum Gasteiger partial charge on any atom is -0.375 e. The van der Waals surface area contributed by atoms with E-state index < -0.39 is 4.92 Å². The van der Waals surface area contributed by atoms with Crippen molar-refractivity contribution in [2.45, 2.75) is 6.54 Å². The Labute approximate surface area is 166 Å². The van der Waals surface area contributed by atoms with Gasteiger partial charge in [0.05, 0.1) is 16.0 Å². The summed E-state index contributed by atoms with van der Waals surface area (Å²) in [5, 5.41) is 20.4. The summed E-state index contributed by atoms with van der Waals surface area (Å²) < 4.78 is 1.26. The highest BCUT2D eigenvalue weighted by Crippen LogP contribution is 2.32. The molecule has 0 atom stereocenters. The first-order chi connectivity index (χ1) is 14.0. The molecule has 1 heterocycles. The number of aryl methyl sites for hydroxylation is 1. The van der Waals surface area contributed by atoms with E-state index in [4.69, 9.17) is 0 Å². The van der Waals surface area contributed by atoms with E-state index in [0.717, 1.165) is 5.56 Å². The summed E-state index contributed by atoms with van der Waals surface area (Å²) in [5.74, 6) is 0. The Kier molecular flexibility index (Phi) is 4.78. The summed E-state index contributed by atoms with van der Waals surface area (Å²) in [4.78, 5) is 23.6. The monoisotopic (exact) mass is 386 g/mol. The quantitative estimate of drug-likeness (QED) is 0.412. The van der Waals surface area contributed by atoms with Crippen LogP contribution in [-0.4, -0.2) is 14.7 Å². The first kappa shape index (κ1) is 18.4. The Morgan fingerprint density at radius 2 is 1.69 bits per heavy atom. The van der Waals surface area contributed by atoms with Gasteiger partial charge in [-0.2, -0.15) is 5.10 Å². The van der Waals surface area contributed by atoms with Crippen LogP contribution >= 0.6 is 0 Å². The molecule has 144 valence electrons. The number of fused-ring (bicyclic) bond motifs is 1. The molecule has 0 aliphatic rings. The van der Waals surface area contributed by atoms with Gasteiger partial charge in [-0.25, -0.2) is 4.68 Å². The Hall–Kier alpha value is -4.00. The Bertz CT molecular complexity index is 1270. The number of aromatic nitrogens is 2. The number of nitrogens with one attached hydrogen (secondary N) is 1. The molecule has 0 saturated carbocycles. The standard InChI is InChI=1S/C22H18N4O3/c1-25-22(27)18-10-6-5-9-17(18)21(24-25)16-11-12-19(20(13-16)26(28)29)23-14-15-7-3-2-4-8-15/h2-13,23H,14H2,1H3. The fourth-order valence-electron chi connectivity index (χ4n) is 3.29. The van der Waals surface area contributed by atoms with Crippen LogP contribution < -0.4 is 10.9 Å². The number of nitro benzene ring substituents is 1. The molecule has 0 aliphatic carbocycles. The summed E-state index contributed by atoms with van der Waals surface area (Å²) in [6, 6.07) is 21.7. The van der Waals surface area contributed by atoms with Crippen LogP contribution in [0.4, 0.5) is 11.4 Å². The van der Waals surface area contributed by atoms with Crippen molar-refractivity contribution in [3.05, 3.63) is 98.8 Å². The van der Waals surface area contributed by atoms with Gasteiger partial charge in [-0.1, -0.05) is 54.6 Å². The van der Waals surface area contributed by atoms with Crippen LogP contribution in [0.3, 0.4) is 0 Å². The molecule has 4 rings (SSSR count). The number of rotatable bonds is 5. The lowest BCUT2D eigenvalue weighted by Gasteiger charge is -2.11. The van der Waals surface area contributed by atoms with Gasteiger partial charge in [0, 0.05) is 30.6 Å². The summed E-state index contributed by atoms with van der Waals surface area (Å²) in [5.41, 5.74) is 2.31. The molecule has 0 aliphatic heterocycles. The molecule has 0 fully saturated rings. The molecule has 7 heteroatoms. The number of anilines is 1. The molecule has 0 bridgehead atoms. The molecule has 0 unspecified atom stereocenters. The molecule has 7 nitrogen and oxygen atoms in total. The normalized spacial score (nSPS) is 10.8. The summed E-state index contributed by atoms with van der Waals surface area (Å²) in [6.07, 6.45) is 0. The second kappa shape index (κ2) is 7.55. The van der Waals surface area contributed by atoms with E-state index in [1.54, 1.807) is 37.4 Å². The number of nitrogens with zero attached hydrogens (tertiary/aromatic N) is 3. The zero-order chi connectivity index (χ0) is 20.4. The van der Waals surface area contributed by atoms with Gasteiger partial charge in [0.25, 0.3) is 11.2 Å². The summed E-state index contributed by atoms with van der Waals surface area (Å²) in [6.45, 7) is 0.474. The van der Waals surface area contributed by atoms with E-state index in [1.807, 2.05) is 36.4 Å². The first-order valence-electron chi connectivity index (χ1n) is 9.07. The second-order valence-corrected chi connectivity index (χ2v) is 6.65. The van der Waals surface area contributed by atoms with E-state index in [9.17, 15) is 14.9 Å². The smallest absolute Gasteiger partial charge is 0.293 e. The van der Waals surface area contributed by atoms with Gasteiger partial charge >= 0.3 is 0 Å². The van der Waals surface area contributed by atoms with Crippen LogP contribution in [0.5, 0.6) is 0 Å². The van der Waals surface area contributed by atoms with E-state index >= 15 is 0 Å². The molecular weight excluding hydrogens is 368 g/mol. The lowest BCUT2D eigenvalue weighted by molar-refractivity contribution is -0.383. The predicted molar refractivity (Wildman–Crippen MR) is 113 cm³/mol. The highest BCUT2D eigenvalue weighted by Gasteiger charge is 2.18. The van der Waals surface area contributed by atoms with Gasteiger partial charge in [-0.3, -0.25) is 14.9 Å². The van der Waals surface area contributed by atoms with Crippen LogP contribution in [-0.2, 0) is 13.6 Å². The SMILES string of the molecule is Cn1nc(-c2ccc(NCc3ccccc3)c([N+](=O)[O-])c2)c2ccccc2c1=O. The molecule has 3 aromatic carbocycles. The van der Waals surface area contributed by atoms with Crippen LogP contribution in [0, 0.1) is 10.1 Å². The molecule has 29 heavy (non-hydrogen) atoms. The number of benzene rings is 3. The van der Waals surface area contributed by atoms with Gasteiger partial charge in [-0.05, 0) is 17.7 Å². The fraction of sp³-hybridized carbons (Fsp3) is 0.0909. The predicted octanol–water partition coefficient (Wildman–Crippen LogP) is 4.12. The highest BCUT2D eigenvalue weighted by atomic mass is 16.6. The lowest BCUT2D eigenvalue weighted by Crippen LogP contribution is -2.20. The van der Waals surface area contributed by atoms with Crippen molar-refractivity contribution in [1.29, 1.82) is 0 Å². The highest BCUT2D eigenvalue weighted by molar-refractivity contribution is 5.94. The largest absolute Gasteiger partial charge is 0.375 e. The molecule has 1 aromatic heterocycles. The zero-order valence-corrected chi connectivity index (χ0v) is 15.7. The van der Waals surface area contributed by atoms with Crippen LogP contribution in [0.25, 0.3) is 22.0 Å². The first-order valence-corrected chi connectivity index (χ1v) is 9.07. The minimum atomic E-state index is -0.416. The van der Waals surface area contributed by atoms with Crippen LogP contribution in [0.1, 0.15) is 5.56 Å². The third-order valence-corrected chi connectivity index (χ3v) is 4.75. The van der Waals surface area contributed by atoms with Crippen molar-refractivity contribution in [1.82, 2.24) is 9.78 Å². The van der Waals surface area contributed by atoms with Gasteiger partial charge in [0.15, 0.2) is 0 Å². The van der Waals surface area contributed by atoms with Gasteiger partial charge < -0.3 is 5.32 Å². The summed E-state index contributed by atoms with van der Waals surface area (Å²) in [7, 11) is 1.57. The van der Waals surface area contributed by atoms with Gasteiger partial charge in [0.1, 0.15) is 5.69 Å². The average Bonchev–Trinajstić information content (AvgIpc) is 2.75. The Morgan fingerprint density at radius 3 is 2.41 bits per heavy atom. The molecule has 0 amide bonds. The average molecular weight is 386 g/mol. The Morgan fingerprint density at radius 1 is 1.00 bits per heavy atom. The van der Waals surface area contributed by atoms with Crippen LogP contribution in [0.15, 0.2) is 77.6 Å². The Balaban J connectivity index is 1.78. The van der Waals surface area contributed by atoms with E-state index in [0.29, 0.717) is 34.3 Å². The third-order valence-electron chi connectivity index (χ3n) is 4.75. The van der Waals surface area contributed by atoms with Gasteiger partial charge in [0.2, 0.25) is 0 Å². The number of nitro groups is 1. The number of hydrogen-bond donors (Lipinski definition) is 1. The minimum absolute atomic E-state index is 0.0434. The molecule has 0 saturated heterocycles. The van der Waals surface area contributed by atoms with Crippen molar-refractivity contribution < 1.29 is 4.92 Å². The molecule has 0 radical (unpaired) electrons. The van der Waals surface area contributed by atoms with Crippen molar-refractivity contribution in [3.8, 4) is 11.3 Å². The number of hydrogen-bond acceptors (Lipinski definition) is 5. The van der Waals surface area contributed by atoms with Crippen LogP contribution in [0.2, 0.25) is 0 Å². The third kappa shape index (κ3) is 3.58. The van der Waals surface area contributed by atoms with E-state index in [1.165, 1.54) is 10.7 Å². The zero-order valence-electron chi connectivity index (χ0n) is 15.7. The van der Waals surface area contributed by atoms with Crippen molar-refractivity contribution >= 4 is 22.1 Å². The van der Waals surface area contributed by atoms with E-state index in [-0.39, 0.29) is 11.2 Å².